The highest BCUT2D eigenvalue weighted by Crippen LogP contribution is 2.59. The summed E-state index contributed by atoms with van der Waals surface area (Å²) in [6.45, 7) is 0. The normalized spacial score (nSPS) is 22.9. The Bertz CT molecular complexity index is 874. The van der Waals surface area contributed by atoms with Crippen molar-refractivity contribution >= 4 is 9.84 Å². The second-order valence-electron chi connectivity index (χ2n) is 6.20. The molecule has 120 valence electrons. The summed E-state index contributed by atoms with van der Waals surface area (Å²) >= 11 is 0. The summed E-state index contributed by atoms with van der Waals surface area (Å²) in [4.78, 5) is 0.411. The minimum absolute atomic E-state index is 0.0128. The maximum Gasteiger partial charge on any atom is 0.182 e. The fourth-order valence-electron chi connectivity index (χ4n) is 3.58. The van der Waals surface area contributed by atoms with Gasteiger partial charge in [0.25, 0.3) is 0 Å². The Labute approximate surface area is 142 Å². The topological polar surface area (TPSA) is 34.1 Å². The van der Waals surface area contributed by atoms with Gasteiger partial charge in [-0.2, -0.15) is 0 Å². The van der Waals surface area contributed by atoms with Crippen molar-refractivity contribution in [2.75, 3.05) is 0 Å². The molecule has 0 saturated heterocycles. The molecule has 3 heteroatoms. The Kier molecular flexibility index (Phi) is 3.73. The number of hydrogen-bond acceptors (Lipinski definition) is 2. The standard InChI is InChI=1S/C21H18O2S/c22-24(23,18-14-8-3-9-15-18)21-19(16-10-4-1-5-11-16)20(21)17-12-6-2-7-13-17/h1-15,19-21H/t19-,20-/m1/s1. The predicted molar refractivity (Wildman–Crippen MR) is 95.8 cm³/mol. The molecule has 1 aliphatic carbocycles. The fourth-order valence-corrected chi connectivity index (χ4v) is 5.77. The summed E-state index contributed by atoms with van der Waals surface area (Å²) in [7, 11) is -3.36. The van der Waals surface area contributed by atoms with Crippen molar-refractivity contribution in [3.8, 4) is 0 Å². The van der Waals surface area contributed by atoms with Gasteiger partial charge in [0.05, 0.1) is 10.1 Å². The van der Waals surface area contributed by atoms with Crippen LogP contribution in [0.4, 0.5) is 0 Å². The van der Waals surface area contributed by atoms with E-state index in [0.29, 0.717) is 4.90 Å². The zero-order chi connectivity index (χ0) is 16.6. The molecule has 1 aliphatic rings. The SMILES string of the molecule is O=S(=O)(c1ccccc1)C1[C@H](c2ccccc2)[C@H]1c1ccccc1. The molecule has 0 amide bonds. The molecule has 2 atom stereocenters. The van der Waals surface area contributed by atoms with Gasteiger partial charge in [0.15, 0.2) is 9.84 Å². The van der Waals surface area contributed by atoms with Crippen LogP contribution in [0.3, 0.4) is 0 Å². The van der Waals surface area contributed by atoms with Gasteiger partial charge >= 0.3 is 0 Å². The molecule has 1 saturated carbocycles. The van der Waals surface area contributed by atoms with E-state index >= 15 is 0 Å². The highest BCUT2D eigenvalue weighted by atomic mass is 32.2. The lowest BCUT2D eigenvalue weighted by Gasteiger charge is -2.04. The van der Waals surface area contributed by atoms with E-state index in [1.807, 2.05) is 66.7 Å². The molecule has 1 fully saturated rings. The summed E-state index contributed by atoms with van der Waals surface area (Å²) in [6, 6.07) is 28.7. The van der Waals surface area contributed by atoms with Crippen LogP contribution in [0.15, 0.2) is 95.9 Å². The maximum atomic E-state index is 13.2. The Hall–Kier alpha value is -2.39. The van der Waals surface area contributed by atoms with Gasteiger partial charge in [-0.15, -0.1) is 0 Å². The molecule has 0 spiro atoms. The fraction of sp³-hybridized carbons (Fsp3) is 0.143. The van der Waals surface area contributed by atoms with Crippen LogP contribution in [0.5, 0.6) is 0 Å². The maximum absolute atomic E-state index is 13.2. The van der Waals surface area contributed by atoms with E-state index in [4.69, 9.17) is 0 Å². The van der Waals surface area contributed by atoms with Crippen LogP contribution in [-0.4, -0.2) is 13.7 Å². The first kappa shape index (κ1) is 15.2. The third kappa shape index (κ3) is 2.55. The monoisotopic (exact) mass is 334 g/mol. The van der Waals surface area contributed by atoms with Crippen molar-refractivity contribution < 1.29 is 8.42 Å². The number of hydrogen-bond donors (Lipinski definition) is 0. The Morgan fingerprint density at radius 3 is 1.33 bits per heavy atom. The van der Waals surface area contributed by atoms with Gasteiger partial charge < -0.3 is 0 Å². The minimum Gasteiger partial charge on any atom is -0.223 e. The average Bonchev–Trinajstić information content (AvgIpc) is 3.41. The third-order valence-corrected chi connectivity index (χ3v) is 6.99. The Morgan fingerprint density at radius 1 is 0.542 bits per heavy atom. The molecular weight excluding hydrogens is 316 g/mol. The summed E-state index contributed by atoms with van der Waals surface area (Å²) in [5, 5.41) is -0.398. The van der Waals surface area contributed by atoms with E-state index in [1.54, 1.807) is 24.3 Å². The molecule has 0 aliphatic heterocycles. The quantitative estimate of drug-likeness (QED) is 0.708. The second kappa shape index (κ2) is 5.91. The predicted octanol–water partition coefficient (Wildman–Crippen LogP) is 4.41. The zero-order valence-electron chi connectivity index (χ0n) is 13.1. The van der Waals surface area contributed by atoms with Crippen molar-refractivity contribution in [2.24, 2.45) is 0 Å². The molecule has 3 aromatic carbocycles. The van der Waals surface area contributed by atoms with Crippen LogP contribution in [0.25, 0.3) is 0 Å². The molecule has 2 nitrogen and oxygen atoms in total. The van der Waals surface area contributed by atoms with Gasteiger partial charge in [0.1, 0.15) is 0 Å². The molecule has 24 heavy (non-hydrogen) atoms. The summed E-state index contributed by atoms with van der Waals surface area (Å²) in [6.07, 6.45) is 0. The smallest absolute Gasteiger partial charge is 0.182 e. The zero-order valence-corrected chi connectivity index (χ0v) is 13.9. The highest BCUT2D eigenvalue weighted by Gasteiger charge is 2.59. The van der Waals surface area contributed by atoms with Crippen LogP contribution in [0.2, 0.25) is 0 Å². The number of benzene rings is 3. The Balaban J connectivity index is 1.78. The summed E-state index contributed by atoms with van der Waals surface area (Å²) in [5.41, 5.74) is 2.19. The van der Waals surface area contributed by atoms with Crippen LogP contribution in [0.1, 0.15) is 23.0 Å². The van der Waals surface area contributed by atoms with Gasteiger partial charge in [-0.25, -0.2) is 8.42 Å². The first-order valence-corrected chi connectivity index (χ1v) is 9.63. The lowest BCUT2D eigenvalue weighted by atomic mass is 10.0. The van der Waals surface area contributed by atoms with Crippen molar-refractivity contribution in [1.29, 1.82) is 0 Å². The summed E-state index contributed by atoms with van der Waals surface area (Å²) in [5.74, 6) is 0.0256. The van der Waals surface area contributed by atoms with E-state index in [-0.39, 0.29) is 11.8 Å². The second-order valence-corrected chi connectivity index (χ2v) is 8.30. The molecule has 0 radical (unpaired) electrons. The van der Waals surface area contributed by atoms with Gasteiger partial charge in [-0.1, -0.05) is 78.9 Å². The molecule has 0 aromatic heterocycles. The van der Waals surface area contributed by atoms with Gasteiger partial charge in [0.2, 0.25) is 0 Å². The van der Waals surface area contributed by atoms with Crippen molar-refractivity contribution in [3.05, 3.63) is 102 Å². The molecule has 4 rings (SSSR count). The van der Waals surface area contributed by atoms with Gasteiger partial charge in [0, 0.05) is 11.8 Å². The molecular formula is C21H18O2S. The summed E-state index contributed by atoms with van der Waals surface area (Å²) < 4.78 is 26.3. The lowest BCUT2D eigenvalue weighted by Crippen LogP contribution is -2.10. The minimum atomic E-state index is -3.36. The first-order valence-electron chi connectivity index (χ1n) is 8.08. The van der Waals surface area contributed by atoms with E-state index in [2.05, 4.69) is 0 Å². The van der Waals surface area contributed by atoms with E-state index in [1.165, 1.54) is 0 Å². The van der Waals surface area contributed by atoms with Gasteiger partial charge in [-0.05, 0) is 23.3 Å². The van der Waals surface area contributed by atoms with E-state index < -0.39 is 15.1 Å². The van der Waals surface area contributed by atoms with Crippen molar-refractivity contribution in [1.82, 2.24) is 0 Å². The van der Waals surface area contributed by atoms with Crippen LogP contribution in [0, 0.1) is 0 Å². The number of sulfone groups is 1. The van der Waals surface area contributed by atoms with Crippen molar-refractivity contribution in [3.63, 3.8) is 0 Å². The van der Waals surface area contributed by atoms with Crippen molar-refractivity contribution in [2.45, 2.75) is 22.0 Å². The molecule has 0 N–H and O–H groups in total. The molecule has 0 unspecified atom stereocenters. The van der Waals surface area contributed by atoms with E-state index in [0.717, 1.165) is 11.1 Å². The number of rotatable bonds is 4. The Morgan fingerprint density at radius 2 is 0.917 bits per heavy atom. The first-order chi connectivity index (χ1) is 11.7. The van der Waals surface area contributed by atoms with Crippen LogP contribution >= 0.6 is 0 Å². The molecule has 0 bridgehead atoms. The molecule has 0 heterocycles. The van der Waals surface area contributed by atoms with Gasteiger partial charge in [-0.3, -0.25) is 0 Å². The van der Waals surface area contributed by atoms with E-state index in [9.17, 15) is 8.42 Å². The highest BCUT2D eigenvalue weighted by molar-refractivity contribution is 7.92. The van der Waals surface area contributed by atoms with Crippen LogP contribution in [-0.2, 0) is 9.84 Å². The average molecular weight is 334 g/mol. The third-order valence-electron chi connectivity index (χ3n) is 4.75. The van der Waals surface area contributed by atoms with Crippen LogP contribution < -0.4 is 0 Å². The molecule has 3 aromatic rings. The largest absolute Gasteiger partial charge is 0.223 e. The lowest BCUT2D eigenvalue weighted by molar-refractivity contribution is 0.593.